The van der Waals surface area contributed by atoms with Gasteiger partial charge in [-0.15, -0.1) is 12.4 Å². The van der Waals surface area contributed by atoms with Gasteiger partial charge in [0.05, 0.1) is 5.92 Å². The zero-order valence-corrected chi connectivity index (χ0v) is 14.9. The number of carbonyl (C=O) groups is 2. The van der Waals surface area contributed by atoms with Crippen molar-refractivity contribution < 1.29 is 9.59 Å². The lowest BCUT2D eigenvalue weighted by Crippen LogP contribution is -2.50. The Labute approximate surface area is 145 Å². The highest BCUT2D eigenvalue weighted by molar-refractivity contribution is 5.85. The summed E-state index contributed by atoms with van der Waals surface area (Å²) < 4.78 is 0. The summed E-state index contributed by atoms with van der Waals surface area (Å²) in [5.41, 5.74) is 0. The summed E-state index contributed by atoms with van der Waals surface area (Å²) in [6.07, 6.45) is 6.33. The lowest BCUT2D eigenvalue weighted by Gasteiger charge is -2.38. The number of hydrogen-bond donors (Lipinski definition) is 1. The summed E-state index contributed by atoms with van der Waals surface area (Å²) in [4.78, 5) is 29.1. The summed E-state index contributed by atoms with van der Waals surface area (Å²) in [5.74, 6) is 1.46. The molecule has 3 aliphatic rings. The van der Waals surface area contributed by atoms with E-state index in [4.69, 9.17) is 0 Å². The van der Waals surface area contributed by atoms with Gasteiger partial charge in [-0.25, -0.2) is 0 Å². The first-order valence-corrected chi connectivity index (χ1v) is 8.91. The number of nitrogens with zero attached hydrogens (tertiary/aromatic N) is 2. The maximum Gasteiger partial charge on any atom is 0.227 e. The van der Waals surface area contributed by atoms with E-state index in [0.717, 1.165) is 58.3 Å². The SMILES string of the molecule is CNCC1CCCN(C(=O)C2CCCN(C(=O)C3CC3)C2)C1.Cl. The van der Waals surface area contributed by atoms with Crippen molar-refractivity contribution in [3.8, 4) is 0 Å². The molecule has 0 aromatic carbocycles. The molecule has 0 aromatic rings. The highest BCUT2D eigenvalue weighted by atomic mass is 35.5. The standard InChI is InChI=1S/C17H29N3O2.ClH/c1-18-10-13-4-2-8-19(11-13)17(22)15-5-3-9-20(12-15)16(21)14-6-7-14;/h13-15,18H,2-12H2,1H3;1H. The molecule has 0 bridgehead atoms. The van der Waals surface area contributed by atoms with E-state index in [9.17, 15) is 9.59 Å². The fraction of sp³-hybridized carbons (Fsp3) is 0.882. The molecule has 0 aromatic heterocycles. The zero-order chi connectivity index (χ0) is 15.5. The van der Waals surface area contributed by atoms with Crippen molar-refractivity contribution in [2.75, 3.05) is 39.8 Å². The molecular formula is C17H30ClN3O2. The van der Waals surface area contributed by atoms with Crippen LogP contribution >= 0.6 is 12.4 Å². The van der Waals surface area contributed by atoms with Crippen LogP contribution in [-0.2, 0) is 9.59 Å². The van der Waals surface area contributed by atoms with Gasteiger partial charge in [-0.2, -0.15) is 0 Å². The van der Waals surface area contributed by atoms with Gasteiger partial charge in [0.2, 0.25) is 11.8 Å². The van der Waals surface area contributed by atoms with Crippen LogP contribution in [-0.4, -0.2) is 61.4 Å². The molecule has 1 aliphatic carbocycles. The third-order valence-corrected chi connectivity index (χ3v) is 5.33. The predicted molar refractivity (Wildman–Crippen MR) is 92.5 cm³/mol. The molecule has 132 valence electrons. The van der Waals surface area contributed by atoms with Crippen molar-refractivity contribution in [2.45, 2.75) is 38.5 Å². The van der Waals surface area contributed by atoms with Gasteiger partial charge in [-0.1, -0.05) is 0 Å². The maximum atomic E-state index is 12.8. The Morgan fingerprint density at radius 2 is 1.52 bits per heavy atom. The minimum Gasteiger partial charge on any atom is -0.342 e. The minimum atomic E-state index is 0. The van der Waals surface area contributed by atoms with Crippen molar-refractivity contribution >= 4 is 24.2 Å². The highest BCUT2D eigenvalue weighted by Crippen LogP contribution is 2.33. The third kappa shape index (κ3) is 4.60. The van der Waals surface area contributed by atoms with Gasteiger partial charge < -0.3 is 15.1 Å². The number of likely N-dealkylation sites (tertiary alicyclic amines) is 2. The van der Waals surface area contributed by atoms with Crippen LogP contribution in [0.1, 0.15) is 38.5 Å². The van der Waals surface area contributed by atoms with E-state index in [1.807, 2.05) is 11.9 Å². The Morgan fingerprint density at radius 1 is 0.913 bits per heavy atom. The van der Waals surface area contributed by atoms with Gasteiger partial charge >= 0.3 is 0 Å². The zero-order valence-electron chi connectivity index (χ0n) is 14.1. The molecule has 3 rings (SSSR count). The summed E-state index contributed by atoms with van der Waals surface area (Å²) in [7, 11) is 1.98. The Kier molecular flexibility index (Phi) is 6.72. The number of nitrogens with one attached hydrogen (secondary N) is 1. The second-order valence-corrected chi connectivity index (χ2v) is 7.25. The quantitative estimate of drug-likeness (QED) is 0.842. The molecule has 1 saturated carbocycles. The normalized spacial score (nSPS) is 28.2. The van der Waals surface area contributed by atoms with Gasteiger partial charge in [0, 0.05) is 32.1 Å². The largest absolute Gasteiger partial charge is 0.342 e. The van der Waals surface area contributed by atoms with Crippen LogP contribution in [0.2, 0.25) is 0 Å². The fourth-order valence-electron chi connectivity index (χ4n) is 3.95. The summed E-state index contributed by atoms with van der Waals surface area (Å²) >= 11 is 0. The average Bonchev–Trinajstić information content (AvgIpc) is 3.39. The highest BCUT2D eigenvalue weighted by Gasteiger charge is 2.38. The van der Waals surface area contributed by atoms with Crippen molar-refractivity contribution in [2.24, 2.45) is 17.8 Å². The number of rotatable bonds is 4. The van der Waals surface area contributed by atoms with Crippen LogP contribution in [0.3, 0.4) is 0 Å². The Balaban J connectivity index is 0.00000192. The van der Waals surface area contributed by atoms with Crippen LogP contribution in [0.15, 0.2) is 0 Å². The predicted octanol–water partition coefficient (Wildman–Crippen LogP) is 1.51. The Bertz CT molecular complexity index is 426. The van der Waals surface area contributed by atoms with Gasteiger partial charge in [0.1, 0.15) is 0 Å². The molecule has 2 unspecified atom stereocenters. The van der Waals surface area contributed by atoms with Crippen molar-refractivity contribution in [1.82, 2.24) is 15.1 Å². The summed E-state index contributed by atoms with van der Waals surface area (Å²) in [6.45, 7) is 4.27. The molecule has 2 heterocycles. The Morgan fingerprint density at radius 3 is 2.17 bits per heavy atom. The second-order valence-electron chi connectivity index (χ2n) is 7.25. The van der Waals surface area contributed by atoms with Gasteiger partial charge in [-0.3, -0.25) is 9.59 Å². The van der Waals surface area contributed by atoms with Crippen molar-refractivity contribution in [3.63, 3.8) is 0 Å². The first kappa shape index (κ1) is 18.5. The van der Waals surface area contributed by atoms with E-state index in [-0.39, 0.29) is 30.2 Å². The van der Waals surface area contributed by atoms with E-state index in [2.05, 4.69) is 10.2 Å². The summed E-state index contributed by atoms with van der Waals surface area (Å²) in [5, 5.41) is 3.23. The molecule has 6 heteroatoms. The van der Waals surface area contributed by atoms with Crippen LogP contribution < -0.4 is 5.32 Å². The van der Waals surface area contributed by atoms with E-state index in [1.165, 1.54) is 6.42 Å². The maximum absolute atomic E-state index is 12.8. The topological polar surface area (TPSA) is 52.7 Å². The first-order chi connectivity index (χ1) is 10.7. The lowest BCUT2D eigenvalue weighted by molar-refractivity contribution is -0.142. The van der Waals surface area contributed by atoms with Crippen molar-refractivity contribution in [1.29, 1.82) is 0 Å². The van der Waals surface area contributed by atoms with Crippen LogP contribution in [0.4, 0.5) is 0 Å². The van der Waals surface area contributed by atoms with Crippen LogP contribution in [0.5, 0.6) is 0 Å². The third-order valence-electron chi connectivity index (χ3n) is 5.33. The average molecular weight is 344 g/mol. The number of halogens is 1. The van der Waals surface area contributed by atoms with Gasteiger partial charge in [0.25, 0.3) is 0 Å². The van der Waals surface area contributed by atoms with Crippen LogP contribution in [0.25, 0.3) is 0 Å². The number of carbonyl (C=O) groups excluding carboxylic acids is 2. The second kappa shape index (κ2) is 8.34. The first-order valence-electron chi connectivity index (χ1n) is 8.91. The van der Waals surface area contributed by atoms with Gasteiger partial charge in [-0.05, 0) is 58.0 Å². The molecule has 2 amide bonds. The monoisotopic (exact) mass is 343 g/mol. The molecule has 1 N–H and O–H groups in total. The number of hydrogen-bond acceptors (Lipinski definition) is 3. The lowest BCUT2D eigenvalue weighted by atomic mass is 9.93. The van der Waals surface area contributed by atoms with Crippen molar-refractivity contribution in [3.05, 3.63) is 0 Å². The van der Waals surface area contributed by atoms with Crippen LogP contribution in [0, 0.1) is 17.8 Å². The molecule has 0 spiro atoms. The molecule has 2 atom stereocenters. The van der Waals surface area contributed by atoms with E-state index >= 15 is 0 Å². The van der Waals surface area contributed by atoms with Gasteiger partial charge in [0.15, 0.2) is 0 Å². The molecule has 2 aliphatic heterocycles. The van der Waals surface area contributed by atoms with E-state index < -0.39 is 0 Å². The number of amides is 2. The molecule has 5 nitrogen and oxygen atoms in total. The Hall–Kier alpha value is -0.810. The minimum absolute atomic E-state index is 0. The molecular weight excluding hydrogens is 314 g/mol. The van der Waals surface area contributed by atoms with E-state index in [1.54, 1.807) is 0 Å². The molecule has 3 fully saturated rings. The molecule has 0 radical (unpaired) electrons. The molecule has 2 saturated heterocycles. The molecule has 23 heavy (non-hydrogen) atoms. The smallest absolute Gasteiger partial charge is 0.227 e. The fourth-order valence-corrected chi connectivity index (χ4v) is 3.95. The number of piperidine rings is 2. The van der Waals surface area contributed by atoms with E-state index in [0.29, 0.717) is 18.4 Å². The summed E-state index contributed by atoms with van der Waals surface area (Å²) in [6, 6.07) is 0.